The zero-order valence-electron chi connectivity index (χ0n) is 10.8. The first-order chi connectivity index (χ1) is 8.99. The maximum atomic E-state index is 11.4. The number of hydrogen-bond acceptors (Lipinski definition) is 5. The molecule has 3 N–H and O–H groups in total. The third kappa shape index (κ3) is 3.92. The maximum absolute atomic E-state index is 11.4. The molecule has 0 heterocycles. The van der Waals surface area contributed by atoms with E-state index in [0.29, 0.717) is 12.2 Å². The zero-order valence-corrected chi connectivity index (χ0v) is 10.8. The Labute approximate surface area is 110 Å². The lowest BCUT2D eigenvalue weighted by Gasteiger charge is -2.11. The van der Waals surface area contributed by atoms with Crippen LogP contribution in [0, 0.1) is 16.0 Å². The van der Waals surface area contributed by atoms with Crippen molar-refractivity contribution in [3.8, 4) is 0 Å². The smallest absolute Gasteiger partial charge is 0.293 e. The summed E-state index contributed by atoms with van der Waals surface area (Å²) < 4.78 is 0. The molecule has 104 valence electrons. The number of aliphatic hydroxyl groups excluding tert-OH is 1. The predicted octanol–water partition coefficient (Wildman–Crippen LogP) is 0.995. The minimum atomic E-state index is -0.543. The standard InChI is InChI=1S/C12H17N3O4/c1-8(7-16)6-14-10-4-3-9(12(17)13-2)5-11(10)15(18)19/h3-5,8,14,16H,6-7H2,1-2H3,(H,13,17). The van der Waals surface area contributed by atoms with Crippen LogP contribution < -0.4 is 10.6 Å². The minimum Gasteiger partial charge on any atom is -0.396 e. The summed E-state index contributed by atoms with van der Waals surface area (Å²) in [6.07, 6.45) is 0. The van der Waals surface area contributed by atoms with Crippen LogP contribution in [0.25, 0.3) is 0 Å². The van der Waals surface area contributed by atoms with Crippen molar-refractivity contribution in [2.75, 3.05) is 25.5 Å². The molecule has 0 saturated carbocycles. The van der Waals surface area contributed by atoms with Crippen LogP contribution in [0.5, 0.6) is 0 Å². The highest BCUT2D eigenvalue weighted by atomic mass is 16.6. The molecule has 1 atom stereocenters. The van der Waals surface area contributed by atoms with Crippen LogP contribution >= 0.6 is 0 Å². The first kappa shape index (κ1) is 14.9. The molecule has 0 aliphatic carbocycles. The molecule has 7 heteroatoms. The number of carbonyl (C=O) groups is 1. The molecule has 0 spiro atoms. The molecule has 1 aromatic rings. The summed E-state index contributed by atoms with van der Waals surface area (Å²) in [6.45, 7) is 2.23. The van der Waals surface area contributed by atoms with E-state index in [1.54, 1.807) is 0 Å². The lowest BCUT2D eigenvalue weighted by Crippen LogP contribution is -2.18. The fraction of sp³-hybridized carbons (Fsp3) is 0.417. The van der Waals surface area contributed by atoms with E-state index in [9.17, 15) is 14.9 Å². The molecule has 1 aromatic carbocycles. The summed E-state index contributed by atoms with van der Waals surface area (Å²) in [4.78, 5) is 21.9. The lowest BCUT2D eigenvalue weighted by atomic mass is 10.1. The molecule has 7 nitrogen and oxygen atoms in total. The highest BCUT2D eigenvalue weighted by molar-refractivity contribution is 5.95. The quantitative estimate of drug-likeness (QED) is 0.526. The van der Waals surface area contributed by atoms with E-state index in [2.05, 4.69) is 10.6 Å². The highest BCUT2D eigenvalue weighted by Gasteiger charge is 2.17. The second kappa shape index (κ2) is 6.69. The van der Waals surface area contributed by atoms with Gasteiger partial charge in [0.05, 0.1) is 4.92 Å². The number of nitrogens with one attached hydrogen (secondary N) is 2. The van der Waals surface area contributed by atoms with Gasteiger partial charge in [-0.05, 0) is 18.1 Å². The molecule has 0 aromatic heterocycles. The molecule has 0 aliphatic heterocycles. The first-order valence-corrected chi connectivity index (χ1v) is 5.84. The van der Waals surface area contributed by atoms with Gasteiger partial charge in [-0.3, -0.25) is 14.9 Å². The van der Waals surface area contributed by atoms with Crippen molar-refractivity contribution >= 4 is 17.3 Å². The van der Waals surface area contributed by atoms with Crippen molar-refractivity contribution < 1.29 is 14.8 Å². The van der Waals surface area contributed by atoms with Crippen molar-refractivity contribution in [1.82, 2.24) is 5.32 Å². The lowest BCUT2D eigenvalue weighted by molar-refractivity contribution is -0.384. The normalized spacial score (nSPS) is 11.7. The number of aliphatic hydroxyl groups is 1. The van der Waals surface area contributed by atoms with Gasteiger partial charge in [-0.25, -0.2) is 0 Å². The van der Waals surface area contributed by atoms with E-state index in [4.69, 9.17) is 5.11 Å². The average molecular weight is 267 g/mol. The second-order valence-corrected chi connectivity index (χ2v) is 4.24. The molecule has 1 amide bonds. The van der Waals surface area contributed by atoms with Gasteiger partial charge in [0, 0.05) is 31.8 Å². The number of hydrogen-bond donors (Lipinski definition) is 3. The number of benzene rings is 1. The molecule has 19 heavy (non-hydrogen) atoms. The Kier molecular flexibility index (Phi) is 5.25. The molecule has 0 aliphatic rings. The van der Waals surface area contributed by atoms with Gasteiger partial charge < -0.3 is 15.7 Å². The minimum absolute atomic E-state index is 0.00286. The maximum Gasteiger partial charge on any atom is 0.293 e. The zero-order chi connectivity index (χ0) is 14.4. The summed E-state index contributed by atoms with van der Waals surface area (Å²) >= 11 is 0. The molecular formula is C12H17N3O4. The molecule has 0 bridgehead atoms. The third-order valence-electron chi connectivity index (χ3n) is 2.64. The van der Waals surface area contributed by atoms with Gasteiger partial charge in [0.1, 0.15) is 5.69 Å². The van der Waals surface area contributed by atoms with E-state index in [1.165, 1.54) is 25.2 Å². The average Bonchev–Trinajstić information content (AvgIpc) is 2.43. The number of anilines is 1. The molecule has 1 rings (SSSR count). The van der Waals surface area contributed by atoms with Gasteiger partial charge in [0.15, 0.2) is 0 Å². The van der Waals surface area contributed by atoms with Gasteiger partial charge in [-0.1, -0.05) is 6.92 Å². The van der Waals surface area contributed by atoms with Crippen LogP contribution in [0.4, 0.5) is 11.4 Å². The second-order valence-electron chi connectivity index (χ2n) is 4.24. The SMILES string of the molecule is CNC(=O)c1ccc(NCC(C)CO)c([N+](=O)[O-])c1. The Bertz CT molecular complexity index is 476. The highest BCUT2D eigenvalue weighted by Crippen LogP contribution is 2.25. The summed E-state index contributed by atoms with van der Waals surface area (Å²) in [7, 11) is 1.46. The van der Waals surface area contributed by atoms with Gasteiger partial charge >= 0.3 is 0 Å². The summed E-state index contributed by atoms with van der Waals surface area (Å²) in [5, 5.41) is 25.2. The van der Waals surface area contributed by atoms with Crippen molar-refractivity contribution in [3.05, 3.63) is 33.9 Å². The predicted molar refractivity (Wildman–Crippen MR) is 71.2 cm³/mol. The topological polar surface area (TPSA) is 104 Å². The fourth-order valence-corrected chi connectivity index (χ4v) is 1.47. The number of nitro groups is 1. The van der Waals surface area contributed by atoms with E-state index >= 15 is 0 Å². The fourth-order valence-electron chi connectivity index (χ4n) is 1.47. The monoisotopic (exact) mass is 267 g/mol. The first-order valence-electron chi connectivity index (χ1n) is 5.84. The van der Waals surface area contributed by atoms with Crippen LogP contribution in [-0.2, 0) is 0 Å². The van der Waals surface area contributed by atoms with Crippen LogP contribution in [0.15, 0.2) is 18.2 Å². The van der Waals surface area contributed by atoms with Crippen molar-refractivity contribution in [1.29, 1.82) is 0 Å². The Balaban J connectivity index is 2.98. The summed E-state index contributed by atoms with van der Waals surface area (Å²) in [5.41, 5.74) is 0.402. The van der Waals surface area contributed by atoms with Crippen molar-refractivity contribution in [2.45, 2.75) is 6.92 Å². The summed E-state index contributed by atoms with van der Waals surface area (Å²) in [5.74, 6) is -0.392. The van der Waals surface area contributed by atoms with Crippen LogP contribution in [0.2, 0.25) is 0 Å². The van der Waals surface area contributed by atoms with Crippen molar-refractivity contribution in [3.63, 3.8) is 0 Å². The van der Waals surface area contributed by atoms with E-state index in [0.717, 1.165) is 0 Å². The number of nitrogens with zero attached hydrogens (tertiary/aromatic N) is 1. The number of rotatable bonds is 6. The van der Waals surface area contributed by atoms with Crippen molar-refractivity contribution in [2.24, 2.45) is 5.92 Å². The molecule has 0 fully saturated rings. The van der Waals surface area contributed by atoms with Gasteiger partial charge in [-0.2, -0.15) is 0 Å². The molecule has 0 radical (unpaired) electrons. The van der Waals surface area contributed by atoms with Crippen LogP contribution in [-0.4, -0.2) is 36.1 Å². The number of amides is 1. The van der Waals surface area contributed by atoms with Crippen LogP contribution in [0.1, 0.15) is 17.3 Å². The van der Waals surface area contributed by atoms with Gasteiger partial charge in [-0.15, -0.1) is 0 Å². The van der Waals surface area contributed by atoms with Gasteiger partial charge in [0.25, 0.3) is 11.6 Å². The largest absolute Gasteiger partial charge is 0.396 e. The van der Waals surface area contributed by atoms with E-state index in [1.807, 2.05) is 6.92 Å². The number of carbonyl (C=O) groups excluding carboxylic acids is 1. The number of nitro benzene ring substituents is 1. The summed E-state index contributed by atoms with van der Waals surface area (Å²) in [6, 6.07) is 4.23. The van der Waals surface area contributed by atoms with E-state index < -0.39 is 4.92 Å². The van der Waals surface area contributed by atoms with Crippen LogP contribution in [0.3, 0.4) is 0 Å². The van der Waals surface area contributed by atoms with E-state index in [-0.39, 0.29) is 29.7 Å². The Morgan fingerprint density at radius 3 is 2.74 bits per heavy atom. The Morgan fingerprint density at radius 1 is 1.53 bits per heavy atom. The third-order valence-corrected chi connectivity index (χ3v) is 2.64. The van der Waals surface area contributed by atoms with Gasteiger partial charge in [0.2, 0.25) is 0 Å². The molecular weight excluding hydrogens is 250 g/mol. The molecule has 0 saturated heterocycles. The molecule has 1 unspecified atom stereocenters. The Morgan fingerprint density at radius 2 is 2.21 bits per heavy atom. The Hall–Kier alpha value is -2.15.